The van der Waals surface area contributed by atoms with E-state index in [0.717, 1.165) is 17.8 Å². The second kappa shape index (κ2) is 6.13. The maximum atomic E-state index is 11.8. The van der Waals surface area contributed by atoms with Gasteiger partial charge in [0.05, 0.1) is 0 Å². The summed E-state index contributed by atoms with van der Waals surface area (Å²) in [4.78, 5) is 11.8. The molecule has 1 heterocycles. The molecule has 2 amide bonds. The van der Waals surface area contributed by atoms with Gasteiger partial charge in [-0.25, -0.2) is 4.79 Å². The minimum absolute atomic E-state index is 0.159. The number of aromatic nitrogens is 2. The van der Waals surface area contributed by atoms with Crippen LogP contribution in [0.1, 0.15) is 56.9 Å². The van der Waals surface area contributed by atoms with Crippen molar-refractivity contribution in [2.75, 3.05) is 5.32 Å². The summed E-state index contributed by atoms with van der Waals surface area (Å²) in [6, 6.07) is 0.157. The summed E-state index contributed by atoms with van der Waals surface area (Å²) in [5.74, 6) is 0.347. The highest BCUT2D eigenvalue weighted by Gasteiger charge is 2.16. The average Bonchev–Trinajstić information content (AvgIpc) is 2.78. The van der Waals surface area contributed by atoms with Gasteiger partial charge in [-0.1, -0.05) is 44.4 Å². The van der Waals surface area contributed by atoms with Crippen molar-refractivity contribution in [3.8, 4) is 0 Å². The minimum atomic E-state index is -0.159. The van der Waals surface area contributed by atoms with Gasteiger partial charge in [0.15, 0.2) is 0 Å². The number of amides is 2. The number of urea groups is 1. The Morgan fingerprint density at radius 2 is 2.00 bits per heavy atom. The molecule has 1 fully saturated rings. The smallest absolute Gasteiger partial charge is 0.321 e. The molecule has 18 heavy (non-hydrogen) atoms. The van der Waals surface area contributed by atoms with Crippen molar-refractivity contribution in [3.63, 3.8) is 0 Å². The molecular weight excluding hydrogens is 248 g/mol. The number of carbonyl (C=O) groups is 1. The molecule has 0 aliphatic heterocycles. The Labute approximate surface area is 111 Å². The Hall–Kier alpha value is -1.17. The van der Waals surface area contributed by atoms with Crippen molar-refractivity contribution < 1.29 is 4.79 Å². The molecule has 2 rings (SSSR count). The molecule has 0 saturated heterocycles. The van der Waals surface area contributed by atoms with Crippen molar-refractivity contribution in [1.82, 2.24) is 15.5 Å². The first kappa shape index (κ1) is 13.3. The van der Waals surface area contributed by atoms with Gasteiger partial charge in [0.2, 0.25) is 5.13 Å². The molecule has 0 spiro atoms. The van der Waals surface area contributed by atoms with Gasteiger partial charge in [-0.3, -0.25) is 5.32 Å². The molecule has 1 aliphatic carbocycles. The molecule has 6 heteroatoms. The Bertz CT molecular complexity index is 399. The van der Waals surface area contributed by atoms with Crippen LogP contribution in [-0.2, 0) is 0 Å². The number of carbonyl (C=O) groups excluding carboxylic acids is 1. The molecule has 0 unspecified atom stereocenters. The monoisotopic (exact) mass is 268 g/mol. The molecule has 0 aromatic carbocycles. The zero-order chi connectivity index (χ0) is 13.0. The molecule has 100 valence electrons. The summed E-state index contributed by atoms with van der Waals surface area (Å²) in [6.07, 6.45) is 5.87. The molecule has 1 aromatic heterocycles. The van der Waals surface area contributed by atoms with Crippen molar-refractivity contribution in [2.45, 2.75) is 57.9 Å². The Morgan fingerprint density at radius 3 is 2.61 bits per heavy atom. The molecule has 0 radical (unpaired) electrons. The third-order valence-corrected chi connectivity index (χ3v) is 4.23. The van der Waals surface area contributed by atoms with Gasteiger partial charge in [0, 0.05) is 12.0 Å². The molecule has 5 nitrogen and oxygen atoms in total. The van der Waals surface area contributed by atoms with E-state index in [-0.39, 0.29) is 6.03 Å². The van der Waals surface area contributed by atoms with Crippen LogP contribution in [0, 0.1) is 0 Å². The average molecular weight is 268 g/mol. The van der Waals surface area contributed by atoms with E-state index in [1.54, 1.807) is 0 Å². The summed E-state index contributed by atoms with van der Waals surface area (Å²) < 4.78 is 0. The minimum Gasteiger partial charge on any atom is -0.335 e. The van der Waals surface area contributed by atoms with E-state index in [1.807, 2.05) is 0 Å². The van der Waals surface area contributed by atoms with Crippen molar-refractivity contribution in [3.05, 3.63) is 5.01 Å². The maximum absolute atomic E-state index is 11.8. The van der Waals surface area contributed by atoms with E-state index in [2.05, 4.69) is 34.7 Å². The lowest BCUT2D eigenvalue weighted by molar-refractivity contribution is 0.244. The SMILES string of the molecule is CC(C)c1nnc(NC(=O)NC2CCCCC2)s1. The van der Waals surface area contributed by atoms with Crippen molar-refractivity contribution in [2.24, 2.45) is 0 Å². The zero-order valence-electron chi connectivity index (χ0n) is 10.9. The maximum Gasteiger partial charge on any atom is 0.321 e. The first-order chi connectivity index (χ1) is 8.65. The topological polar surface area (TPSA) is 66.9 Å². The van der Waals surface area contributed by atoms with Gasteiger partial charge in [-0.2, -0.15) is 0 Å². The fraction of sp³-hybridized carbons (Fsp3) is 0.750. The molecule has 0 atom stereocenters. The quantitative estimate of drug-likeness (QED) is 0.885. The van der Waals surface area contributed by atoms with Gasteiger partial charge >= 0.3 is 6.03 Å². The van der Waals surface area contributed by atoms with E-state index in [1.165, 1.54) is 30.6 Å². The summed E-state index contributed by atoms with van der Waals surface area (Å²) in [5.41, 5.74) is 0. The van der Waals surface area contributed by atoms with Gasteiger partial charge in [-0.15, -0.1) is 10.2 Å². The number of anilines is 1. The van der Waals surface area contributed by atoms with Gasteiger partial charge in [-0.05, 0) is 12.8 Å². The number of hydrogen-bond donors (Lipinski definition) is 2. The second-order valence-corrected chi connectivity index (χ2v) is 6.04. The predicted octanol–water partition coefficient (Wildman–Crippen LogP) is 3.12. The summed E-state index contributed by atoms with van der Waals surface area (Å²) in [6.45, 7) is 4.12. The number of nitrogens with zero attached hydrogens (tertiary/aromatic N) is 2. The standard InChI is InChI=1S/C12H20N4OS/c1-8(2)10-15-16-12(18-10)14-11(17)13-9-6-4-3-5-7-9/h8-9H,3-7H2,1-2H3,(H2,13,14,16,17). The van der Waals surface area contributed by atoms with Crippen LogP contribution in [0.4, 0.5) is 9.93 Å². The van der Waals surface area contributed by atoms with E-state index < -0.39 is 0 Å². The van der Waals surface area contributed by atoms with Crippen LogP contribution in [0.2, 0.25) is 0 Å². The molecule has 1 saturated carbocycles. The highest BCUT2D eigenvalue weighted by atomic mass is 32.1. The Kier molecular flexibility index (Phi) is 4.52. The lowest BCUT2D eigenvalue weighted by Crippen LogP contribution is -2.38. The summed E-state index contributed by atoms with van der Waals surface area (Å²) >= 11 is 1.44. The third kappa shape index (κ3) is 3.66. The fourth-order valence-corrected chi connectivity index (χ4v) is 2.82. The highest BCUT2D eigenvalue weighted by Crippen LogP contribution is 2.22. The van der Waals surface area contributed by atoms with Crippen LogP contribution in [0.25, 0.3) is 0 Å². The Balaban J connectivity index is 1.82. The number of hydrogen-bond acceptors (Lipinski definition) is 4. The summed E-state index contributed by atoms with van der Waals surface area (Å²) in [7, 11) is 0. The first-order valence-electron chi connectivity index (χ1n) is 6.56. The number of nitrogens with one attached hydrogen (secondary N) is 2. The molecule has 1 aliphatic rings. The summed E-state index contributed by atoms with van der Waals surface area (Å²) in [5, 5.41) is 15.3. The zero-order valence-corrected chi connectivity index (χ0v) is 11.7. The van der Waals surface area contributed by atoms with Crippen LogP contribution in [0.3, 0.4) is 0 Å². The molecule has 2 N–H and O–H groups in total. The van der Waals surface area contributed by atoms with Crippen LogP contribution in [-0.4, -0.2) is 22.3 Å². The van der Waals surface area contributed by atoms with Crippen LogP contribution in [0.15, 0.2) is 0 Å². The highest BCUT2D eigenvalue weighted by molar-refractivity contribution is 7.15. The van der Waals surface area contributed by atoms with Crippen LogP contribution >= 0.6 is 11.3 Å². The van der Waals surface area contributed by atoms with Crippen LogP contribution < -0.4 is 10.6 Å². The largest absolute Gasteiger partial charge is 0.335 e. The van der Waals surface area contributed by atoms with Gasteiger partial charge in [0.25, 0.3) is 0 Å². The molecular formula is C12H20N4OS. The van der Waals surface area contributed by atoms with Crippen LogP contribution in [0.5, 0.6) is 0 Å². The van der Waals surface area contributed by atoms with E-state index in [0.29, 0.717) is 17.1 Å². The van der Waals surface area contributed by atoms with Gasteiger partial charge in [0.1, 0.15) is 5.01 Å². The van der Waals surface area contributed by atoms with E-state index >= 15 is 0 Å². The molecule has 1 aromatic rings. The lowest BCUT2D eigenvalue weighted by atomic mass is 9.96. The Morgan fingerprint density at radius 1 is 1.28 bits per heavy atom. The number of rotatable bonds is 3. The first-order valence-corrected chi connectivity index (χ1v) is 7.37. The lowest BCUT2D eigenvalue weighted by Gasteiger charge is -2.22. The van der Waals surface area contributed by atoms with E-state index in [4.69, 9.17) is 0 Å². The van der Waals surface area contributed by atoms with Crippen molar-refractivity contribution >= 4 is 22.5 Å². The van der Waals surface area contributed by atoms with Gasteiger partial charge < -0.3 is 5.32 Å². The third-order valence-electron chi connectivity index (χ3n) is 3.10. The normalized spacial score (nSPS) is 16.8. The van der Waals surface area contributed by atoms with E-state index in [9.17, 15) is 4.79 Å². The second-order valence-electron chi connectivity index (χ2n) is 5.03. The van der Waals surface area contributed by atoms with Crippen molar-refractivity contribution in [1.29, 1.82) is 0 Å². The fourth-order valence-electron chi connectivity index (χ4n) is 2.08. The predicted molar refractivity (Wildman–Crippen MR) is 73.0 cm³/mol. The molecule has 0 bridgehead atoms.